The number of unbranched alkanes of at least 4 members (excludes halogenated alkanes) is 2. The lowest BCUT2D eigenvalue weighted by molar-refractivity contribution is -0.130. The van der Waals surface area contributed by atoms with Gasteiger partial charge < -0.3 is 10.0 Å². The Balaban J connectivity index is 2.28. The van der Waals surface area contributed by atoms with Crippen molar-refractivity contribution in [1.82, 2.24) is 14.7 Å². The third-order valence-electron chi connectivity index (χ3n) is 3.22. The van der Waals surface area contributed by atoms with E-state index in [2.05, 4.69) is 5.10 Å². The molecule has 1 rings (SSSR count). The summed E-state index contributed by atoms with van der Waals surface area (Å²) in [6, 6.07) is 2.02. The zero-order valence-corrected chi connectivity index (χ0v) is 12.2. The molecule has 1 amide bonds. The standard InChI is InChI=1S/C14H25N3O2/c1-12-11-13(2)17(15-12)9-7-14(19)16(3)8-5-4-6-10-18/h11,18H,4-10H2,1-3H3. The summed E-state index contributed by atoms with van der Waals surface area (Å²) in [6.07, 6.45) is 3.21. The number of aromatic nitrogens is 2. The highest BCUT2D eigenvalue weighted by Crippen LogP contribution is 2.04. The van der Waals surface area contributed by atoms with Crippen LogP contribution in [0, 0.1) is 13.8 Å². The van der Waals surface area contributed by atoms with Gasteiger partial charge in [-0.2, -0.15) is 5.10 Å². The molecule has 0 aliphatic heterocycles. The summed E-state index contributed by atoms with van der Waals surface area (Å²) < 4.78 is 1.88. The average Bonchev–Trinajstić information content (AvgIpc) is 2.70. The quantitative estimate of drug-likeness (QED) is 0.726. The van der Waals surface area contributed by atoms with E-state index in [9.17, 15) is 4.79 Å². The number of nitrogens with zero attached hydrogens (tertiary/aromatic N) is 3. The van der Waals surface area contributed by atoms with Gasteiger partial charge in [0.25, 0.3) is 0 Å². The van der Waals surface area contributed by atoms with Crippen LogP contribution in [0.25, 0.3) is 0 Å². The van der Waals surface area contributed by atoms with Gasteiger partial charge in [-0.15, -0.1) is 0 Å². The number of aliphatic hydroxyl groups is 1. The van der Waals surface area contributed by atoms with Crippen LogP contribution in [0.3, 0.4) is 0 Å². The highest BCUT2D eigenvalue weighted by atomic mass is 16.2. The highest BCUT2D eigenvalue weighted by Gasteiger charge is 2.09. The molecule has 108 valence electrons. The van der Waals surface area contributed by atoms with Crippen LogP contribution in [0.1, 0.15) is 37.1 Å². The van der Waals surface area contributed by atoms with E-state index in [-0.39, 0.29) is 12.5 Å². The molecular formula is C14H25N3O2. The Bertz CT molecular complexity index is 401. The van der Waals surface area contributed by atoms with Crippen molar-refractivity contribution in [2.45, 2.75) is 46.1 Å². The molecule has 1 aromatic rings. The van der Waals surface area contributed by atoms with Crippen molar-refractivity contribution in [3.05, 3.63) is 17.5 Å². The van der Waals surface area contributed by atoms with Gasteiger partial charge >= 0.3 is 0 Å². The van der Waals surface area contributed by atoms with Crippen molar-refractivity contribution in [3.63, 3.8) is 0 Å². The molecule has 5 heteroatoms. The van der Waals surface area contributed by atoms with E-state index in [1.165, 1.54) is 0 Å². The lowest BCUT2D eigenvalue weighted by Crippen LogP contribution is -2.28. The van der Waals surface area contributed by atoms with Crippen LogP contribution in [-0.2, 0) is 11.3 Å². The number of carbonyl (C=O) groups excluding carboxylic acids is 1. The molecule has 5 nitrogen and oxygen atoms in total. The van der Waals surface area contributed by atoms with Crippen LogP contribution < -0.4 is 0 Å². The average molecular weight is 267 g/mol. The first-order valence-corrected chi connectivity index (χ1v) is 6.90. The summed E-state index contributed by atoms with van der Waals surface area (Å²) in [5.74, 6) is 0.150. The van der Waals surface area contributed by atoms with E-state index < -0.39 is 0 Å². The van der Waals surface area contributed by atoms with Crippen molar-refractivity contribution in [2.24, 2.45) is 0 Å². The molecule has 0 aromatic carbocycles. The van der Waals surface area contributed by atoms with Crippen molar-refractivity contribution < 1.29 is 9.90 Å². The number of aliphatic hydroxyl groups excluding tert-OH is 1. The van der Waals surface area contributed by atoms with Gasteiger partial charge in [0.15, 0.2) is 0 Å². The van der Waals surface area contributed by atoms with Gasteiger partial charge in [-0.1, -0.05) is 0 Å². The summed E-state index contributed by atoms with van der Waals surface area (Å²) in [7, 11) is 1.84. The largest absolute Gasteiger partial charge is 0.396 e. The first-order chi connectivity index (χ1) is 9.04. The van der Waals surface area contributed by atoms with Crippen molar-refractivity contribution in [3.8, 4) is 0 Å². The van der Waals surface area contributed by atoms with Gasteiger partial charge in [0.1, 0.15) is 0 Å². The second kappa shape index (κ2) is 7.94. The summed E-state index contributed by atoms with van der Waals surface area (Å²) >= 11 is 0. The molecule has 1 aromatic heterocycles. The van der Waals surface area contributed by atoms with E-state index in [0.29, 0.717) is 13.0 Å². The maximum atomic E-state index is 11.9. The van der Waals surface area contributed by atoms with Crippen LogP contribution in [0.15, 0.2) is 6.07 Å². The Kier molecular flexibility index (Phi) is 6.56. The molecule has 0 saturated carbocycles. The SMILES string of the molecule is Cc1cc(C)n(CCC(=O)N(C)CCCCCO)n1. The molecule has 0 atom stereocenters. The summed E-state index contributed by atoms with van der Waals surface area (Å²) in [5, 5.41) is 13.0. The van der Waals surface area contributed by atoms with Crippen LogP contribution in [0.2, 0.25) is 0 Å². The Hall–Kier alpha value is -1.36. The summed E-state index contributed by atoms with van der Waals surface area (Å²) in [6.45, 7) is 5.59. The maximum Gasteiger partial charge on any atom is 0.224 e. The number of carbonyl (C=O) groups is 1. The topological polar surface area (TPSA) is 58.4 Å². The van der Waals surface area contributed by atoms with Crippen LogP contribution in [0.4, 0.5) is 0 Å². The summed E-state index contributed by atoms with van der Waals surface area (Å²) in [5.41, 5.74) is 2.08. The van der Waals surface area contributed by atoms with Crippen molar-refractivity contribution in [1.29, 1.82) is 0 Å². The molecule has 0 bridgehead atoms. The fourth-order valence-electron chi connectivity index (χ4n) is 2.06. The predicted octanol–water partition coefficient (Wildman–Crippen LogP) is 1.51. The molecule has 0 fully saturated rings. The van der Waals surface area contributed by atoms with E-state index in [1.54, 1.807) is 4.90 Å². The van der Waals surface area contributed by atoms with Gasteiger partial charge in [-0.25, -0.2) is 0 Å². The molecule has 0 aliphatic rings. The number of amides is 1. The highest BCUT2D eigenvalue weighted by molar-refractivity contribution is 5.75. The molecule has 0 radical (unpaired) electrons. The zero-order valence-electron chi connectivity index (χ0n) is 12.2. The van der Waals surface area contributed by atoms with E-state index in [4.69, 9.17) is 5.11 Å². The van der Waals surface area contributed by atoms with Crippen molar-refractivity contribution in [2.75, 3.05) is 20.2 Å². The van der Waals surface area contributed by atoms with Gasteiger partial charge in [-0.05, 0) is 39.2 Å². The number of hydrogen-bond acceptors (Lipinski definition) is 3. The number of aryl methyl sites for hydroxylation is 3. The lowest BCUT2D eigenvalue weighted by atomic mass is 10.2. The van der Waals surface area contributed by atoms with Gasteiger partial charge in [-0.3, -0.25) is 9.48 Å². The molecule has 0 spiro atoms. The van der Waals surface area contributed by atoms with Gasteiger partial charge in [0.05, 0.1) is 5.69 Å². The van der Waals surface area contributed by atoms with E-state index in [0.717, 1.165) is 37.2 Å². The molecular weight excluding hydrogens is 242 g/mol. The second-order valence-electron chi connectivity index (χ2n) is 5.00. The van der Waals surface area contributed by atoms with Gasteiger partial charge in [0.2, 0.25) is 5.91 Å². The molecule has 19 heavy (non-hydrogen) atoms. The minimum Gasteiger partial charge on any atom is -0.396 e. The monoisotopic (exact) mass is 267 g/mol. The third-order valence-corrected chi connectivity index (χ3v) is 3.22. The zero-order chi connectivity index (χ0) is 14.3. The molecule has 0 aliphatic carbocycles. The smallest absolute Gasteiger partial charge is 0.224 e. The minimum atomic E-state index is 0.150. The second-order valence-corrected chi connectivity index (χ2v) is 5.00. The number of rotatable bonds is 8. The Morgan fingerprint density at radius 3 is 2.68 bits per heavy atom. The Labute approximate surface area is 115 Å². The molecule has 1 heterocycles. The minimum absolute atomic E-state index is 0.150. The van der Waals surface area contributed by atoms with Crippen LogP contribution in [-0.4, -0.2) is 45.9 Å². The maximum absolute atomic E-state index is 11.9. The molecule has 0 saturated heterocycles. The Morgan fingerprint density at radius 2 is 2.11 bits per heavy atom. The normalized spacial score (nSPS) is 10.7. The fourth-order valence-corrected chi connectivity index (χ4v) is 2.06. The molecule has 1 N–H and O–H groups in total. The Morgan fingerprint density at radius 1 is 1.37 bits per heavy atom. The number of hydrogen-bond donors (Lipinski definition) is 1. The predicted molar refractivity (Wildman–Crippen MR) is 74.9 cm³/mol. The van der Waals surface area contributed by atoms with Crippen molar-refractivity contribution >= 4 is 5.91 Å². The summed E-state index contributed by atoms with van der Waals surface area (Å²) in [4.78, 5) is 13.7. The first-order valence-electron chi connectivity index (χ1n) is 6.90. The third kappa shape index (κ3) is 5.42. The fraction of sp³-hybridized carbons (Fsp3) is 0.714. The van der Waals surface area contributed by atoms with E-state index >= 15 is 0 Å². The van der Waals surface area contributed by atoms with Crippen LogP contribution in [0.5, 0.6) is 0 Å². The van der Waals surface area contributed by atoms with E-state index in [1.807, 2.05) is 31.6 Å². The molecule has 0 unspecified atom stereocenters. The lowest BCUT2D eigenvalue weighted by Gasteiger charge is -2.17. The van der Waals surface area contributed by atoms with Gasteiger partial charge in [0, 0.05) is 38.9 Å². The first kappa shape index (κ1) is 15.7. The van der Waals surface area contributed by atoms with Crippen LogP contribution >= 0.6 is 0 Å².